The summed E-state index contributed by atoms with van der Waals surface area (Å²) < 4.78 is 4.92. The van der Waals surface area contributed by atoms with Crippen molar-refractivity contribution in [2.45, 2.75) is 32.2 Å². The average molecular weight is 223 g/mol. The van der Waals surface area contributed by atoms with Crippen LogP contribution in [-0.4, -0.2) is 24.0 Å². The summed E-state index contributed by atoms with van der Waals surface area (Å²) in [5, 5.41) is 2.55. The van der Waals surface area contributed by atoms with E-state index >= 15 is 0 Å². The molecule has 0 aromatic rings. The molecule has 0 aliphatic rings. The molecule has 0 saturated carbocycles. The first-order valence-electron chi connectivity index (χ1n) is 5.02. The first kappa shape index (κ1) is 14.2. The lowest BCUT2D eigenvalue weighted by molar-refractivity contribution is -0.152. The maximum atomic E-state index is 11.8. The minimum Gasteiger partial charge on any atom is -0.464 e. The van der Waals surface area contributed by atoms with Crippen molar-refractivity contribution in [1.82, 2.24) is 5.32 Å². The third-order valence-electron chi connectivity index (χ3n) is 1.98. The predicted molar refractivity (Wildman–Crippen MR) is 61.4 cm³/mol. The highest BCUT2D eigenvalue weighted by Crippen LogP contribution is 2.18. The van der Waals surface area contributed by atoms with Crippen LogP contribution in [0.15, 0.2) is 12.7 Å². The summed E-state index contributed by atoms with van der Waals surface area (Å²) in [4.78, 5) is 22.9. The van der Waals surface area contributed by atoms with Gasteiger partial charge in [0, 0.05) is 13.3 Å². The van der Waals surface area contributed by atoms with E-state index < -0.39 is 11.5 Å². The van der Waals surface area contributed by atoms with E-state index in [1.165, 1.54) is 13.0 Å². The first-order chi connectivity index (χ1) is 7.52. The van der Waals surface area contributed by atoms with Crippen molar-refractivity contribution in [1.29, 1.82) is 0 Å². The highest BCUT2D eigenvalue weighted by Gasteiger charge is 2.38. The smallest absolute Gasteiger partial charge is 0.333 e. The molecular formula is C12H17NO3. The molecule has 0 aliphatic heterocycles. The van der Waals surface area contributed by atoms with Crippen molar-refractivity contribution in [3.63, 3.8) is 0 Å². The van der Waals surface area contributed by atoms with Crippen LogP contribution >= 0.6 is 0 Å². The van der Waals surface area contributed by atoms with Gasteiger partial charge in [0.05, 0.1) is 6.61 Å². The van der Waals surface area contributed by atoms with Crippen LogP contribution in [0.2, 0.25) is 0 Å². The van der Waals surface area contributed by atoms with E-state index in [1.807, 2.05) is 0 Å². The van der Waals surface area contributed by atoms with Crippen molar-refractivity contribution in [2.24, 2.45) is 0 Å². The Labute approximate surface area is 96.0 Å². The minimum atomic E-state index is -1.18. The fourth-order valence-corrected chi connectivity index (χ4v) is 1.40. The Morgan fingerprint density at radius 1 is 1.62 bits per heavy atom. The van der Waals surface area contributed by atoms with Crippen LogP contribution < -0.4 is 5.32 Å². The Morgan fingerprint density at radius 3 is 2.62 bits per heavy atom. The second-order valence-electron chi connectivity index (χ2n) is 3.36. The second kappa shape index (κ2) is 6.67. The highest BCUT2D eigenvalue weighted by atomic mass is 16.5. The monoisotopic (exact) mass is 223 g/mol. The third-order valence-corrected chi connectivity index (χ3v) is 1.98. The average Bonchev–Trinajstić information content (AvgIpc) is 2.17. The van der Waals surface area contributed by atoms with E-state index in [0.717, 1.165) is 0 Å². The Hall–Kier alpha value is -1.76. The van der Waals surface area contributed by atoms with E-state index in [-0.39, 0.29) is 25.4 Å². The lowest BCUT2D eigenvalue weighted by Crippen LogP contribution is -2.54. The zero-order valence-electron chi connectivity index (χ0n) is 9.71. The fraction of sp³-hybridized carbons (Fsp3) is 0.500. The standard InChI is InChI=1S/C12H17NO3/c1-5-8-12(9-6-2,13-10(4)14)11(15)16-7-3/h1,6H,2,7-9H2,3-4H3,(H,13,14). The van der Waals surface area contributed by atoms with Gasteiger partial charge in [-0.25, -0.2) is 4.79 Å². The molecule has 0 radical (unpaired) electrons. The number of esters is 1. The molecule has 0 rings (SSSR count). The second-order valence-corrected chi connectivity index (χ2v) is 3.36. The Balaban J connectivity index is 5.06. The zero-order chi connectivity index (χ0) is 12.6. The number of rotatable bonds is 6. The van der Waals surface area contributed by atoms with E-state index in [9.17, 15) is 9.59 Å². The number of terminal acetylenes is 1. The molecule has 0 aliphatic carbocycles. The molecule has 0 aromatic heterocycles. The van der Waals surface area contributed by atoms with Crippen molar-refractivity contribution < 1.29 is 14.3 Å². The molecule has 1 N–H and O–H groups in total. The van der Waals surface area contributed by atoms with Crippen molar-refractivity contribution >= 4 is 11.9 Å². The van der Waals surface area contributed by atoms with Gasteiger partial charge in [-0.2, -0.15) is 0 Å². The molecule has 0 saturated heterocycles. The molecule has 1 unspecified atom stereocenters. The Bertz CT molecular complexity index is 317. The van der Waals surface area contributed by atoms with Crippen LogP contribution in [0, 0.1) is 12.3 Å². The number of carbonyl (C=O) groups excluding carboxylic acids is 2. The van der Waals surface area contributed by atoms with Crippen molar-refractivity contribution in [3.8, 4) is 12.3 Å². The molecule has 4 nitrogen and oxygen atoms in total. The van der Waals surface area contributed by atoms with Gasteiger partial charge in [0.1, 0.15) is 0 Å². The van der Waals surface area contributed by atoms with Gasteiger partial charge in [-0.15, -0.1) is 18.9 Å². The summed E-state index contributed by atoms with van der Waals surface area (Å²) in [6.07, 6.45) is 7.07. The molecular weight excluding hydrogens is 206 g/mol. The summed E-state index contributed by atoms with van der Waals surface area (Å²) in [7, 11) is 0. The normalized spacial score (nSPS) is 13.1. The largest absolute Gasteiger partial charge is 0.464 e. The molecule has 0 heterocycles. The summed E-state index contributed by atoms with van der Waals surface area (Å²) in [5.74, 6) is 1.52. The molecule has 0 aromatic carbocycles. The number of hydrogen-bond donors (Lipinski definition) is 1. The van der Waals surface area contributed by atoms with Crippen LogP contribution in [0.5, 0.6) is 0 Å². The number of ether oxygens (including phenoxy) is 1. The van der Waals surface area contributed by atoms with Gasteiger partial charge in [-0.05, 0) is 13.3 Å². The molecule has 4 heteroatoms. The molecule has 0 spiro atoms. The van der Waals surface area contributed by atoms with Crippen molar-refractivity contribution in [3.05, 3.63) is 12.7 Å². The minimum absolute atomic E-state index is 0.0808. The summed E-state index contributed by atoms with van der Waals surface area (Å²) >= 11 is 0. The van der Waals surface area contributed by atoms with Crippen LogP contribution in [0.1, 0.15) is 26.7 Å². The van der Waals surface area contributed by atoms with Gasteiger partial charge in [0.15, 0.2) is 5.54 Å². The van der Waals surface area contributed by atoms with E-state index in [0.29, 0.717) is 0 Å². The molecule has 0 bridgehead atoms. The van der Waals surface area contributed by atoms with E-state index in [4.69, 9.17) is 11.2 Å². The van der Waals surface area contributed by atoms with Crippen LogP contribution in [0.3, 0.4) is 0 Å². The van der Waals surface area contributed by atoms with E-state index in [2.05, 4.69) is 17.8 Å². The van der Waals surface area contributed by atoms with Gasteiger partial charge in [0.2, 0.25) is 5.91 Å². The Morgan fingerprint density at radius 2 is 2.25 bits per heavy atom. The third kappa shape index (κ3) is 3.77. The number of amides is 1. The zero-order valence-corrected chi connectivity index (χ0v) is 9.71. The SMILES string of the molecule is C#CCC(CC=C)(NC(C)=O)C(=O)OCC. The lowest BCUT2D eigenvalue weighted by atomic mass is 9.91. The topological polar surface area (TPSA) is 55.4 Å². The summed E-state index contributed by atoms with van der Waals surface area (Å²) in [5.41, 5.74) is -1.18. The molecule has 1 amide bonds. The van der Waals surface area contributed by atoms with Gasteiger partial charge in [0.25, 0.3) is 0 Å². The number of carbonyl (C=O) groups is 2. The first-order valence-corrected chi connectivity index (χ1v) is 5.02. The number of hydrogen-bond acceptors (Lipinski definition) is 3. The van der Waals surface area contributed by atoms with Crippen LogP contribution in [0.25, 0.3) is 0 Å². The quantitative estimate of drug-likeness (QED) is 0.415. The van der Waals surface area contributed by atoms with Gasteiger partial charge in [-0.1, -0.05) is 6.08 Å². The molecule has 16 heavy (non-hydrogen) atoms. The van der Waals surface area contributed by atoms with Gasteiger partial charge in [-0.3, -0.25) is 4.79 Å². The predicted octanol–water partition coefficient (Wildman–Crippen LogP) is 1.02. The number of nitrogens with one attached hydrogen (secondary N) is 1. The van der Waals surface area contributed by atoms with Crippen molar-refractivity contribution in [2.75, 3.05) is 6.61 Å². The molecule has 88 valence electrons. The maximum absolute atomic E-state index is 11.8. The highest BCUT2D eigenvalue weighted by molar-refractivity contribution is 5.87. The summed E-state index contributed by atoms with van der Waals surface area (Å²) in [6.45, 7) is 6.81. The molecule has 1 atom stereocenters. The van der Waals surface area contributed by atoms with Crippen LogP contribution in [0.4, 0.5) is 0 Å². The maximum Gasteiger partial charge on any atom is 0.333 e. The lowest BCUT2D eigenvalue weighted by Gasteiger charge is -2.29. The van der Waals surface area contributed by atoms with E-state index in [1.54, 1.807) is 6.92 Å². The van der Waals surface area contributed by atoms with Gasteiger partial charge < -0.3 is 10.1 Å². The van der Waals surface area contributed by atoms with Gasteiger partial charge >= 0.3 is 5.97 Å². The van der Waals surface area contributed by atoms with Crippen LogP contribution in [-0.2, 0) is 14.3 Å². The fourth-order valence-electron chi connectivity index (χ4n) is 1.40. The molecule has 0 fully saturated rings. The Kier molecular flexibility index (Phi) is 5.94. The summed E-state index contributed by atoms with van der Waals surface area (Å²) in [6, 6.07) is 0.